The monoisotopic (exact) mass is 408 g/mol. The summed E-state index contributed by atoms with van der Waals surface area (Å²) in [6.45, 7) is 0. The standard InChI is InChI=1S/C17H10ClF5O4/c18-8-3-1-4-9(7-8)26-10(24)5-2-6-11(25)27-17-15(22)13(20)12(19)14(21)16(17)23/h1,3-4,7H,2,5-6H2. The van der Waals surface area contributed by atoms with Gasteiger partial charge >= 0.3 is 11.9 Å². The van der Waals surface area contributed by atoms with Crippen molar-refractivity contribution < 1.29 is 41.0 Å². The molecule has 2 aromatic carbocycles. The molecule has 0 saturated carbocycles. The fraction of sp³-hybridized carbons (Fsp3) is 0.176. The normalized spacial score (nSPS) is 10.6. The highest BCUT2D eigenvalue weighted by atomic mass is 35.5. The largest absolute Gasteiger partial charge is 0.426 e. The number of ether oxygens (including phenoxy) is 2. The lowest BCUT2D eigenvalue weighted by Gasteiger charge is -2.09. The number of carbonyl (C=O) groups is 2. The van der Waals surface area contributed by atoms with E-state index in [4.69, 9.17) is 16.3 Å². The highest BCUT2D eigenvalue weighted by Crippen LogP contribution is 2.29. The molecule has 2 rings (SSSR count). The second kappa shape index (κ2) is 8.81. The van der Waals surface area contributed by atoms with Crippen molar-refractivity contribution in [1.82, 2.24) is 0 Å². The topological polar surface area (TPSA) is 52.6 Å². The van der Waals surface area contributed by atoms with Gasteiger partial charge in [-0.2, -0.15) is 8.78 Å². The Balaban J connectivity index is 1.89. The summed E-state index contributed by atoms with van der Waals surface area (Å²) < 4.78 is 74.9. The quantitative estimate of drug-likeness (QED) is 0.228. The molecule has 4 nitrogen and oxygen atoms in total. The van der Waals surface area contributed by atoms with Crippen molar-refractivity contribution >= 4 is 23.5 Å². The van der Waals surface area contributed by atoms with Gasteiger partial charge in [0, 0.05) is 17.9 Å². The van der Waals surface area contributed by atoms with Gasteiger partial charge in [0.15, 0.2) is 0 Å². The van der Waals surface area contributed by atoms with Crippen LogP contribution in [0.4, 0.5) is 22.0 Å². The van der Waals surface area contributed by atoms with Crippen molar-refractivity contribution in [3.05, 3.63) is 58.4 Å². The van der Waals surface area contributed by atoms with Gasteiger partial charge in [-0.3, -0.25) is 9.59 Å². The molecule has 0 aliphatic carbocycles. The first-order valence-electron chi connectivity index (χ1n) is 7.39. The van der Waals surface area contributed by atoms with Crippen LogP contribution in [0.1, 0.15) is 19.3 Å². The van der Waals surface area contributed by atoms with Crippen molar-refractivity contribution in [1.29, 1.82) is 0 Å². The molecule has 0 fully saturated rings. The third kappa shape index (κ3) is 5.16. The zero-order valence-electron chi connectivity index (χ0n) is 13.3. The van der Waals surface area contributed by atoms with Crippen molar-refractivity contribution in [2.24, 2.45) is 0 Å². The SMILES string of the molecule is O=C(CCCC(=O)Oc1c(F)c(F)c(F)c(F)c1F)Oc1cccc(Cl)c1. The van der Waals surface area contributed by atoms with E-state index < -0.39 is 53.2 Å². The minimum absolute atomic E-state index is 0.145. The van der Waals surface area contributed by atoms with Crippen LogP contribution >= 0.6 is 11.6 Å². The molecule has 2 aromatic rings. The summed E-state index contributed by atoms with van der Waals surface area (Å²) in [5.41, 5.74) is 0. The molecule has 0 unspecified atom stereocenters. The van der Waals surface area contributed by atoms with Crippen molar-refractivity contribution in [2.45, 2.75) is 19.3 Å². The molecular formula is C17H10ClF5O4. The average Bonchev–Trinajstić information content (AvgIpc) is 2.62. The number of hydrogen-bond acceptors (Lipinski definition) is 4. The number of benzene rings is 2. The zero-order valence-corrected chi connectivity index (χ0v) is 14.1. The Morgan fingerprint density at radius 2 is 1.33 bits per heavy atom. The summed E-state index contributed by atoms with van der Waals surface area (Å²) in [5, 5.41) is 0.340. The Kier molecular flexibility index (Phi) is 6.73. The number of carbonyl (C=O) groups excluding carboxylic acids is 2. The molecule has 0 spiro atoms. The lowest BCUT2D eigenvalue weighted by atomic mass is 10.2. The molecule has 0 radical (unpaired) electrons. The van der Waals surface area contributed by atoms with Gasteiger partial charge in [0.1, 0.15) is 5.75 Å². The van der Waals surface area contributed by atoms with E-state index >= 15 is 0 Å². The summed E-state index contributed by atoms with van der Waals surface area (Å²) in [6.07, 6.45) is -0.934. The molecule has 0 amide bonds. The highest BCUT2D eigenvalue weighted by Gasteiger charge is 2.28. The summed E-state index contributed by atoms with van der Waals surface area (Å²) in [7, 11) is 0. The molecule has 0 aliphatic heterocycles. The fourth-order valence-electron chi connectivity index (χ4n) is 1.93. The predicted octanol–water partition coefficient (Wildman–Crippen LogP) is 4.72. The first-order chi connectivity index (χ1) is 12.7. The molecular weight excluding hydrogens is 399 g/mol. The first kappa shape index (κ1) is 20.6. The van der Waals surface area contributed by atoms with Crippen LogP contribution in [0.5, 0.6) is 11.5 Å². The number of rotatable bonds is 6. The van der Waals surface area contributed by atoms with Crippen LogP contribution in [0.2, 0.25) is 5.02 Å². The molecule has 144 valence electrons. The van der Waals surface area contributed by atoms with E-state index in [9.17, 15) is 31.5 Å². The van der Waals surface area contributed by atoms with Gasteiger partial charge < -0.3 is 9.47 Å². The van der Waals surface area contributed by atoms with Crippen molar-refractivity contribution in [2.75, 3.05) is 0 Å². The van der Waals surface area contributed by atoms with E-state index in [1.54, 1.807) is 12.1 Å². The second-order valence-corrected chi connectivity index (χ2v) is 5.59. The molecule has 10 heteroatoms. The fourth-order valence-corrected chi connectivity index (χ4v) is 2.11. The van der Waals surface area contributed by atoms with Gasteiger partial charge in [0.2, 0.25) is 34.8 Å². The van der Waals surface area contributed by atoms with Crippen LogP contribution in [0.15, 0.2) is 24.3 Å². The van der Waals surface area contributed by atoms with E-state index in [0.29, 0.717) is 5.02 Å². The van der Waals surface area contributed by atoms with Gasteiger partial charge in [0.05, 0.1) is 0 Å². The minimum Gasteiger partial charge on any atom is -0.426 e. The molecule has 0 atom stereocenters. The van der Waals surface area contributed by atoms with Gasteiger partial charge in [-0.05, 0) is 24.6 Å². The Morgan fingerprint density at radius 1 is 0.815 bits per heavy atom. The second-order valence-electron chi connectivity index (χ2n) is 5.16. The lowest BCUT2D eigenvalue weighted by molar-refractivity contribution is -0.136. The maximum Gasteiger partial charge on any atom is 0.311 e. The molecule has 0 saturated heterocycles. The predicted molar refractivity (Wildman–Crippen MR) is 82.8 cm³/mol. The molecule has 0 aliphatic rings. The summed E-state index contributed by atoms with van der Waals surface area (Å²) in [4.78, 5) is 23.2. The Hall–Kier alpha value is -2.68. The van der Waals surface area contributed by atoms with Crippen LogP contribution < -0.4 is 9.47 Å². The number of esters is 2. The highest BCUT2D eigenvalue weighted by molar-refractivity contribution is 6.30. The Morgan fingerprint density at radius 3 is 1.89 bits per heavy atom. The molecule has 27 heavy (non-hydrogen) atoms. The maximum absolute atomic E-state index is 13.4. The summed E-state index contributed by atoms with van der Waals surface area (Å²) in [5.74, 6) is -14.9. The lowest BCUT2D eigenvalue weighted by Crippen LogP contribution is -2.14. The van der Waals surface area contributed by atoms with Crippen LogP contribution in [-0.4, -0.2) is 11.9 Å². The van der Waals surface area contributed by atoms with Crippen molar-refractivity contribution in [3.63, 3.8) is 0 Å². The first-order valence-corrected chi connectivity index (χ1v) is 7.77. The van der Waals surface area contributed by atoms with E-state index in [2.05, 4.69) is 4.74 Å². The Labute approximate surface area is 154 Å². The molecule has 0 N–H and O–H groups in total. The maximum atomic E-state index is 13.4. The van der Waals surface area contributed by atoms with Crippen LogP contribution in [0.3, 0.4) is 0 Å². The molecule has 0 aromatic heterocycles. The van der Waals surface area contributed by atoms with Crippen LogP contribution in [0, 0.1) is 29.1 Å². The van der Waals surface area contributed by atoms with Gasteiger partial charge in [-0.1, -0.05) is 17.7 Å². The van der Waals surface area contributed by atoms with Gasteiger partial charge in [-0.25, -0.2) is 13.2 Å². The minimum atomic E-state index is -2.37. The smallest absolute Gasteiger partial charge is 0.311 e. The van der Waals surface area contributed by atoms with E-state index in [1.165, 1.54) is 12.1 Å². The Bertz CT molecular complexity index is 859. The van der Waals surface area contributed by atoms with Crippen molar-refractivity contribution in [3.8, 4) is 11.5 Å². The summed E-state index contributed by atoms with van der Waals surface area (Å²) >= 11 is 5.72. The van der Waals surface area contributed by atoms with Crippen LogP contribution in [0.25, 0.3) is 0 Å². The van der Waals surface area contributed by atoms with Crippen LogP contribution in [-0.2, 0) is 9.59 Å². The van der Waals surface area contributed by atoms with Gasteiger partial charge in [0.25, 0.3) is 0 Å². The molecule has 0 heterocycles. The zero-order chi connectivity index (χ0) is 20.1. The number of halogens is 6. The average molecular weight is 409 g/mol. The summed E-state index contributed by atoms with van der Waals surface area (Å²) in [6, 6.07) is 5.97. The number of hydrogen-bond donors (Lipinski definition) is 0. The van der Waals surface area contributed by atoms with Gasteiger partial charge in [-0.15, -0.1) is 0 Å². The third-order valence-electron chi connectivity index (χ3n) is 3.17. The van der Waals surface area contributed by atoms with E-state index in [0.717, 1.165) is 0 Å². The molecule has 0 bridgehead atoms. The third-order valence-corrected chi connectivity index (χ3v) is 3.41. The van der Waals surface area contributed by atoms with E-state index in [1.807, 2.05) is 0 Å². The van der Waals surface area contributed by atoms with E-state index in [-0.39, 0.29) is 18.6 Å².